The number of thiazole rings is 1. The Bertz CT molecular complexity index is 880. The lowest BCUT2D eigenvalue weighted by atomic mass is 10.4. The molecule has 0 atom stereocenters. The highest BCUT2D eigenvalue weighted by Gasteiger charge is 2.19. The molecule has 0 aliphatic rings. The summed E-state index contributed by atoms with van der Waals surface area (Å²) in [7, 11) is -3.72. The molecule has 0 spiro atoms. The maximum atomic E-state index is 12.3. The zero-order valence-corrected chi connectivity index (χ0v) is 13.5. The largest absolute Gasteiger partial charge is 0.266 e. The average molecular weight is 335 g/mol. The molecule has 0 unspecified atom stereocenters. The van der Waals surface area contributed by atoms with Crippen LogP contribution in [0, 0.1) is 13.8 Å². The maximum absolute atomic E-state index is 12.3. The Kier molecular flexibility index (Phi) is 3.67. The first-order valence-corrected chi connectivity index (χ1v) is 8.68. The third-order valence-electron chi connectivity index (χ3n) is 3.00. The van der Waals surface area contributed by atoms with Crippen LogP contribution in [-0.4, -0.2) is 28.2 Å². The molecule has 3 aromatic rings. The summed E-state index contributed by atoms with van der Waals surface area (Å²) < 4.78 is 28.6. The van der Waals surface area contributed by atoms with E-state index < -0.39 is 10.0 Å². The van der Waals surface area contributed by atoms with Gasteiger partial charge in [-0.3, -0.25) is 4.72 Å². The molecule has 0 aliphatic carbocycles. The Morgan fingerprint density at radius 3 is 2.73 bits per heavy atom. The van der Waals surface area contributed by atoms with Crippen LogP contribution in [0.15, 0.2) is 41.7 Å². The van der Waals surface area contributed by atoms with E-state index >= 15 is 0 Å². The van der Waals surface area contributed by atoms with Crippen molar-refractivity contribution in [2.75, 3.05) is 4.72 Å². The molecule has 0 fully saturated rings. The van der Waals surface area contributed by atoms with E-state index in [1.165, 1.54) is 28.4 Å². The fourth-order valence-electron chi connectivity index (χ4n) is 1.75. The topological polar surface area (TPSA) is 89.8 Å². The van der Waals surface area contributed by atoms with Crippen LogP contribution in [-0.2, 0) is 10.0 Å². The Balaban J connectivity index is 1.88. The third-order valence-corrected chi connectivity index (χ3v) is 5.41. The van der Waals surface area contributed by atoms with Crippen molar-refractivity contribution in [2.45, 2.75) is 18.7 Å². The minimum absolute atomic E-state index is 0.0589. The molecular formula is C13H13N5O2S2. The summed E-state index contributed by atoms with van der Waals surface area (Å²) in [6.45, 7) is 3.73. The first-order chi connectivity index (χ1) is 10.5. The predicted octanol–water partition coefficient (Wildman–Crippen LogP) is 2.14. The van der Waals surface area contributed by atoms with Gasteiger partial charge in [-0.1, -0.05) is 6.07 Å². The maximum Gasteiger partial charge on any atom is 0.266 e. The number of hydrogen-bond acceptors (Lipinski definition) is 6. The Labute approximate surface area is 131 Å². The molecule has 3 heterocycles. The number of aromatic nitrogens is 4. The summed E-state index contributed by atoms with van der Waals surface area (Å²) >= 11 is 1.30. The van der Waals surface area contributed by atoms with Crippen molar-refractivity contribution in [2.24, 2.45) is 0 Å². The Hall–Kier alpha value is -2.26. The monoisotopic (exact) mass is 335 g/mol. The van der Waals surface area contributed by atoms with Crippen molar-refractivity contribution in [3.05, 3.63) is 47.4 Å². The predicted molar refractivity (Wildman–Crippen MR) is 83.8 cm³/mol. The number of aryl methyl sites for hydroxylation is 2. The van der Waals surface area contributed by atoms with Gasteiger partial charge < -0.3 is 0 Å². The van der Waals surface area contributed by atoms with Crippen LogP contribution >= 0.6 is 11.3 Å². The Morgan fingerprint density at radius 1 is 1.27 bits per heavy atom. The molecule has 0 aliphatic heterocycles. The smallest absolute Gasteiger partial charge is 0.255 e. The van der Waals surface area contributed by atoms with Crippen molar-refractivity contribution in [1.29, 1.82) is 0 Å². The summed E-state index contributed by atoms with van der Waals surface area (Å²) in [6.07, 6.45) is 4.31. The van der Waals surface area contributed by atoms with Crippen LogP contribution in [0.5, 0.6) is 0 Å². The molecule has 0 radical (unpaired) electrons. The fourth-order valence-corrected chi connectivity index (χ4v) is 3.73. The molecule has 0 aromatic carbocycles. The zero-order chi connectivity index (χ0) is 15.7. The first kappa shape index (κ1) is 14.7. The molecule has 3 rings (SSSR count). The standard InChI is InChI=1S/C13H13N5O2S2/c1-9-10(2)21-13(16-9)17-22(19,20)11-7-15-18(8-11)12-5-3-4-6-14-12/h3-8H,1-2H3,(H,16,17). The van der Waals surface area contributed by atoms with Crippen molar-refractivity contribution >= 4 is 26.5 Å². The zero-order valence-electron chi connectivity index (χ0n) is 11.9. The second-order valence-corrected chi connectivity index (χ2v) is 7.46. The molecule has 114 valence electrons. The van der Waals surface area contributed by atoms with E-state index in [0.717, 1.165) is 10.6 Å². The van der Waals surface area contributed by atoms with Gasteiger partial charge in [0.15, 0.2) is 10.9 Å². The van der Waals surface area contributed by atoms with Gasteiger partial charge in [-0.25, -0.2) is 23.1 Å². The molecule has 0 bridgehead atoms. The van der Waals surface area contributed by atoms with Crippen LogP contribution in [0.4, 0.5) is 5.13 Å². The number of hydrogen-bond donors (Lipinski definition) is 1. The Morgan fingerprint density at radius 2 is 2.09 bits per heavy atom. The molecule has 0 saturated carbocycles. The number of sulfonamides is 1. The summed E-state index contributed by atoms with van der Waals surface area (Å²) in [5, 5.41) is 4.38. The van der Waals surface area contributed by atoms with Gasteiger partial charge >= 0.3 is 0 Å². The van der Waals surface area contributed by atoms with Gasteiger partial charge in [0, 0.05) is 11.1 Å². The normalized spacial score (nSPS) is 11.5. The molecule has 22 heavy (non-hydrogen) atoms. The minimum Gasteiger partial charge on any atom is -0.255 e. The van der Waals surface area contributed by atoms with Crippen molar-refractivity contribution in [3.63, 3.8) is 0 Å². The summed E-state index contributed by atoms with van der Waals surface area (Å²) in [5.74, 6) is 0.546. The van der Waals surface area contributed by atoms with Gasteiger partial charge in [-0.2, -0.15) is 5.10 Å². The van der Waals surface area contributed by atoms with Crippen LogP contribution in [0.2, 0.25) is 0 Å². The van der Waals surface area contributed by atoms with Crippen molar-refractivity contribution in [1.82, 2.24) is 19.7 Å². The van der Waals surface area contributed by atoms with Gasteiger partial charge in [0.1, 0.15) is 4.90 Å². The number of nitrogens with zero attached hydrogens (tertiary/aromatic N) is 4. The molecule has 0 amide bonds. The fraction of sp³-hybridized carbons (Fsp3) is 0.154. The highest BCUT2D eigenvalue weighted by atomic mass is 32.2. The van der Waals surface area contributed by atoms with Gasteiger partial charge in [-0.05, 0) is 26.0 Å². The van der Waals surface area contributed by atoms with E-state index in [1.54, 1.807) is 24.4 Å². The van der Waals surface area contributed by atoms with Crippen molar-refractivity contribution in [3.8, 4) is 5.82 Å². The highest BCUT2D eigenvalue weighted by Crippen LogP contribution is 2.24. The number of pyridine rings is 1. The van der Waals surface area contributed by atoms with Crippen LogP contribution in [0.3, 0.4) is 0 Å². The number of rotatable bonds is 4. The van der Waals surface area contributed by atoms with E-state index in [0.29, 0.717) is 10.9 Å². The summed E-state index contributed by atoms with van der Waals surface area (Å²) in [5.41, 5.74) is 0.812. The lowest BCUT2D eigenvalue weighted by Gasteiger charge is -2.01. The lowest BCUT2D eigenvalue weighted by Crippen LogP contribution is -2.12. The van der Waals surface area contributed by atoms with Crippen LogP contribution in [0.25, 0.3) is 5.82 Å². The quantitative estimate of drug-likeness (QED) is 0.789. The molecule has 3 aromatic heterocycles. The third kappa shape index (κ3) is 2.85. The molecular weight excluding hydrogens is 322 g/mol. The minimum atomic E-state index is -3.72. The van der Waals surface area contributed by atoms with E-state index in [9.17, 15) is 8.42 Å². The highest BCUT2D eigenvalue weighted by molar-refractivity contribution is 7.93. The lowest BCUT2D eigenvalue weighted by molar-refractivity contribution is 0.601. The van der Waals surface area contributed by atoms with E-state index in [-0.39, 0.29) is 4.90 Å². The van der Waals surface area contributed by atoms with E-state index in [4.69, 9.17) is 0 Å². The first-order valence-electron chi connectivity index (χ1n) is 6.38. The second-order valence-electron chi connectivity index (χ2n) is 4.57. The van der Waals surface area contributed by atoms with Crippen LogP contribution < -0.4 is 4.72 Å². The number of anilines is 1. The average Bonchev–Trinajstić information content (AvgIpc) is 3.08. The van der Waals surface area contributed by atoms with Gasteiger partial charge in [-0.15, -0.1) is 11.3 Å². The SMILES string of the molecule is Cc1nc(NS(=O)(=O)c2cnn(-c3ccccn3)c2)sc1C. The van der Waals surface area contributed by atoms with E-state index in [1.807, 2.05) is 13.8 Å². The molecule has 7 nitrogen and oxygen atoms in total. The van der Waals surface area contributed by atoms with Crippen LogP contribution in [0.1, 0.15) is 10.6 Å². The molecule has 9 heteroatoms. The van der Waals surface area contributed by atoms with E-state index in [2.05, 4.69) is 19.8 Å². The molecule has 1 N–H and O–H groups in total. The van der Waals surface area contributed by atoms with Gasteiger partial charge in [0.2, 0.25) is 0 Å². The summed E-state index contributed by atoms with van der Waals surface area (Å²) in [4.78, 5) is 9.33. The molecule has 0 saturated heterocycles. The second kappa shape index (κ2) is 5.50. The van der Waals surface area contributed by atoms with Gasteiger partial charge in [0.05, 0.1) is 18.1 Å². The van der Waals surface area contributed by atoms with Crippen molar-refractivity contribution < 1.29 is 8.42 Å². The summed E-state index contributed by atoms with van der Waals surface area (Å²) in [6, 6.07) is 5.32. The number of nitrogens with one attached hydrogen (secondary N) is 1. The van der Waals surface area contributed by atoms with Gasteiger partial charge in [0.25, 0.3) is 10.0 Å².